The fourth-order valence-electron chi connectivity index (χ4n) is 6.40. The van der Waals surface area contributed by atoms with E-state index in [0.717, 1.165) is 0 Å². The van der Waals surface area contributed by atoms with Crippen LogP contribution < -0.4 is 0 Å². The maximum absolute atomic E-state index is 13.7. The molecule has 2 heterocycles. The Hall–Kier alpha value is -2.74. The van der Waals surface area contributed by atoms with Crippen LogP contribution in [0.1, 0.15) is 59.6 Å². The highest BCUT2D eigenvalue weighted by atomic mass is 16.6. The summed E-state index contributed by atoms with van der Waals surface area (Å²) in [5.74, 6) is -2.48. The van der Waals surface area contributed by atoms with Gasteiger partial charge in [0.2, 0.25) is 5.78 Å². The van der Waals surface area contributed by atoms with Gasteiger partial charge in [0.05, 0.1) is 25.0 Å². The number of ether oxygens (including phenoxy) is 3. The molecule has 1 fully saturated rings. The Morgan fingerprint density at radius 2 is 1.97 bits per heavy atom. The van der Waals surface area contributed by atoms with E-state index in [9.17, 15) is 19.2 Å². The van der Waals surface area contributed by atoms with Crippen molar-refractivity contribution in [2.75, 3.05) is 20.8 Å². The van der Waals surface area contributed by atoms with Crippen molar-refractivity contribution in [1.29, 1.82) is 0 Å². The number of cyclic esters (lactones) is 1. The van der Waals surface area contributed by atoms with Crippen LogP contribution in [0.5, 0.6) is 0 Å². The lowest BCUT2D eigenvalue weighted by atomic mass is 9.52. The number of furan rings is 1. The van der Waals surface area contributed by atoms with Gasteiger partial charge in [0.25, 0.3) is 0 Å². The summed E-state index contributed by atoms with van der Waals surface area (Å²) in [7, 11) is 2.79. The van der Waals surface area contributed by atoms with Gasteiger partial charge in [0, 0.05) is 36.0 Å². The molecular formula is C23H24O8. The SMILES string of the molecule is COC[C@H]1OC(=O)c2coc3c2[C@@]1(C)C1=C(C3=O)C2CCC(=O)C2(C)C[C@H]1C(=O)OC. The molecule has 1 aliphatic heterocycles. The fourth-order valence-corrected chi connectivity index (χ4v) is 6.40. The second-order valence-corrected chi connectivity index (χ2v) is 9.27. The molecule has 1 saturated carbocycles. The first kappa shape index (κ1) is 20.2. The summed E-state index contributed by atoms with van der Waals surface area (Å²) in [6.45, 7) is 3.77. The largest absolute Gasteiger partial charge is 0.469 e. The van der Waals surface area contributed by atoms with E-state index < -0.39 is 34.8 Å². The molecule has 1 aromatic rings. The molecule has 8 heteroatoms. The van der Waals surface area contributed by atoms with Gasteiger partial charge in [-0.05, 0) is 25.3 Å². The van der Waals surface area contributed by atoms with Gasteiger partial charge in [-0.25, -0.2) is 4.79 Å². The molecule has 164 valence electrons. The van der Waals surface area contributed by atoms with Crippen molar-refractivity contribution in [3.05, 3.63) is 34.3 Å². The van der Waals surface area contributed by atoms with Crippen LogP contribution in [0.15, 0.2) is 21.8 Å². The number of hydrogen-bond donors (Lipinski definition) is 0. The third kappa shape index (κ3) is 2.28. The molecule has 2 unspecified atom stereocenters. The maximum atomic E-state index is 13.7. The van der Waals surface area contributed by atoms with Gasteiger partial charge in [-0.3, -0.25) is 14.4 Å². The predicted molar refractivity (Wildman–Crippen MR) is 104 cm³/mol. The van der Waals surface area contributed by atoms with Crippen molar-refractivity contribution >= 4 is 23.5 Å². The molecule has 5 atom stereocenters. The Balaban J connectivity index is 1.85. The Labute approximate surface area is 178 Å². The minimum atomic E-state index is -1.02. The lowest BCUT2D eigenvalue weighted by Gasteiger charge is -2.51. The van der Waals surface area contributed by atoms with Crippen LogP contribution >= 0.6 is 0 Å². The summed E-state index contributed by atoms with van der Waals surface area (Å²) >= 11 is 0. The minimum Gasteiger partial charge on any atom is -0.469 e. The summed E-state index contributed by atoms with van der Waals surface area (Å²) < 4.78 is 21.8. The topological polar surface area (TPSA) is 109 Å². The third-order valence-corrected chi connectivity index (χ3v) is 7.92. The first-order chi connectivity index (χ1) is 14.7. The number of esters is 2. The number of carbonyl (C=O) groups is 4. The number of methoxy groups -OCH3 is 2. The first-order valence-electron chi connectivity index (χ1n) is 10.4. The van der Waals surface area contributed by atoms with Gasteiger partial charge in [-0.1, -0.05) is 6.92 Å². The molecule has 1 aromatic heterocycles. The molecule has 5 rings (SSSR count). The first-order valence-corrected chi connectivity index (χ1v) is 10.4. The van der Waals surface area contributed by atoms with E-state index in [2.05, 4.69) is 0 Å². The van der Waals surface area contributed by atoms with Gasteiger partial charge in [0.1, 0.15) is 23.7 Å². The average molecular weight is 428 g/mol. The molecule has 0 amide bonds. The number of ketones is 2. The van der Waals surface area contributed by atoms with Crippen molar-refractivity contribution in [3.8, 4) is 0 Å². The van der Waals surface area contributed by atoms with Crippen molar-refractivity contribution in [2.45, 2.75) is 44.6 Å². The van der Waals surface area contributed by atoms with Crippen LogP contribution in [-0.2, 0) is 29.2 Å². The summed E-state index contributed by atoms with van der Waals surface area (Å²) in [5, 5.41) is 0. The Morgan fingerprint density at radius 1 is 1.23 bits per heavy atom. The number of carbonyl (C=O) groups excluding carboxylic acids is 4. The smallest absolute Gasteiger partial charge is 0.342 e. The minimum absolute atomic E-state index is 0.0466. The van der Waals surface area contributed by atoms with Gasteiger partial charge in [0.15, 0.2) is 5.76 Å². The Morgan fingerprint density at radius 3 is 2.65 bits per heavy atom. The molecule has 3 aliphatic carbocycles. The standard InChI is InChI=1S/C23H24O8/c1-22-7-10(20(26)29-4)16-15(12(22)5-6-13(22)24)18(25)19-17-11(8-30-19)21(27)31-14(9-28-3)23(16,17)2/h8,10,12,14H,5-7,9H2,1-4H3/t10-,12?,14-,22?,23-/m1/s1. The summed E-state index contributed by atoms with van der Waals surface area (Å²) in [6.07, 6.45) is 1.61. The van der Waals surface area contributed by atoms with E-state index in [-0.39, 0.29) is 41.8 Å². The van der Waals surface area contributed by atoms with Crippen LogP contribution in [0.2, 0.25) is 0 Å². The summed E-state index contributed by atoms with van der Waals surface area (Å²) in [6, 6.07) is 0. The van der Waals surface area contributed by atoms with Crippen LogP contribution in [0.3, 0.4) is 0 Å². The molecule has 4 aliphatic rings. The van der Waals surface area contributed by atoms with E-state index in [4.69, 9.17) is 18.6 Å². The second kappa shape index (κ2) is 6.38. The maximum Gasteiger partial charge on any atom is 0.342 e. The summed E-state index contributed by atoms with van der Waals surface area (Å²) in [5.41, 5.74) is -0.216. The van der Waals surface area contributed by atoms with Crippen molar-refractivity contribution in [3.63, 3.8) is 0 Å². The molecule has 0 radical (unpaired) electrons. The molecule has 0 bridgehead atoms. The molecule has 31 heavy (non-hydrogen) atoms. The van der Waals surface area contributed by atoms with E-state index in [0.29, 0.717) is 29.6 Å². The molecule has 0 spiro atoms. The number of allylic oxidation sites excluding steroid dienone is 1. The summed E-state index contributed by atoms with van der Waals surface area (Å²) in [4.78, 5) is 52.2. The normalized spacial score (nSPS) is 36.0. The van der Waals surface area contributed by atoms with Crippen molar-refractivity contribution < 1.29 is 37.8 Å². The molecule has 8 nitrogen and oxygen atoms in total. The van der Waals surface area contributed by atoms with E-state index in [1.807, 2.05) is 13.8 Å². The number of hydrogen-bond acceptors (Lipinski definition) is 8. The number of rotatable bonds is 3. The highest BCUT2D eigenvalue weighted by Crippen LogP contribution is 2.62. The quantitative estimate of drug-likeness (QED) is 0.675. The van der Waals surface area contributed by atoms with Crippen LogP contribution in [0.4, 0.5) is 0 Å². The Kier molecular flexibility index (Phi) is 4.16. The Bertz CT molecular complexity index is 1080. The van der Waals surface area contributed by atoms with E-state index in [1.54, 1.807) is 0 Å². The van der Waals surface area contributed by atoms with Gasteiger partial charge >= 0.3 is 11.9 Å². The zero-order chi connectivity index (χ0) is 22.3. The monoisotopic (exact) mass is 428 g/mol. The lowest BCUT2D eigenvalue weighted by Crippen LogP contribution is -2.56. The predicted octanol–water partition coefficient (Wildman–Crippen LogP) is 2.39. The van der Waals surface area contributed by atoms with Gasteiger partial charge < -0.3 is 18.6 Å². The molecule has 0 aromatic carbocycles. The molecule has 0 N–H and O–H groups in total. The fraction of sp³-hybridized carbons (Fsp3) is 0.565. The average Bonchev–Trinajstić information content (AvgIpc) is 3.32. The van der Waals surface area contributed by atoms with Crippen molar-refractivity contribution in [2.24, 2.45) is 17.3 Å². The molecular weight excluding hydrogens is 404 g/mol. The van der Waals surface area contributed by atoms with Crippen molar-refractivity contribution in [1.82, 2.24) is 0 Å². The van der Waals surface area contributed by atoms with Gasteiger partial charge in [-0.2, -0.15) is 0 Å². The number of fused-ring (bicyclic) bond motifs is 3. The lowest BCUT2D eigenvalue weighted by molar-refractivity contribution is -0.147. The third-order valence-electron chi connectivity index (χ3n) is 7.92. The van der Waals surface area contributed by atoms with Crippen LogP contribution in [0, 0.1) is 17.3 Å². The van der Waals surface area contributed by atoms with E-state index >= 15 is 0 Å². The van der Waals surface area contributed by atoms with Crippen LogP contribution in [0.25, 0.3) is 0 Å². The highest BCUT2D eigenvalue weighted by Gasteiger charge is 2.64. The zero-order valence-corrected chi connectivity index (χ0v) is 17.9. The molecule has 0 saturated heterocycles. The van der Waals surface area contributed by atoms with E-state index in [1.165, 1.54) is 20.5 Å². The highest BCUT2D eigenvalue weighted by molar-refractivity contribution is 6.15. The van der Waals surface area contributed by atoms with Gasteiger partial charge in [-0.15, -0.1) is 0 Å². The van der Waals surface area contributed by atoms with Crippen LogP contribution in [-0.4, -0.2) is 50.4 Å². The zero-order valence-electron chi connectivity index (χ0n) is 17.9. The second-order valence-electron chi connectivity index (χ2n) is 9.27. The number of Topliss-reactive ketones (excluding diaryl/α,β-unsaturated/α-hetero) is 2.